The zero-order chi connectivity index (χ0) is 21.5. The second-order valence-electron chi connectivity index (χ2n) is 8.06. The van der Waals surface area contributed by atoms with Crippen LogP contribution in [0.15, 0.2) is 36.4 Å². The molecule has 0 amide bonds. The van der Waals surface area contributed by atoms with E-state index >= 15 is 0 Å². The molecule has 30 heavy (non-hydrogen) atoms. The van der Waals surface area contributed by atoms with E-state index in [9.17, 15) is 0 Å². The van der Waals surface area contributed by atoms with Crippen molar-refractivity contribution >= 4 is 28.1 Å². The summed E-state index contributed by atoms with van der Waals surface area (Å²) in [7, 11) is 0. The van der Waals surface area contributed by atoms with Crippen molar-refractivity contribution < 1.29 is 4.74 Å². The standard InChI is InChI=1S/C24H33N5O/c1-4-19(28-20-10-12-30-15-20)9-11-27-24-21(22(26)7-6-17(3)25)14-18-13-16(2)5-8-23(18)29-24/h5-8,13-14,19-20,25-26,28H,4,9-12,15H2,1-3H3,(H,27,29). The van der Waals surface area contributed by atoms with Crippen molar-refractivity contribution in [3.05, 3.63) is 47.5 Å². The fourth-order valence-corrected chi connectivity index (χ4v) is 3.70. The molecule has 6 nitrogen and oxygen atoms in total. The summed E-state index contributed by atoms with van der Waals surface area (Å²) >= 11 is 0. The molecular weight excluding hydrogens is 374 g/mol. The highest BCUT2D eigenvalue weighted by atomic mass is 16.5. The zero-order valence-electron chi connectivity index (χ0n) is 18.2. The van der Waals surface area contributed by atoms with Crippen molar-refractivity contribution in [2.24, 2.45) is 0 Å². The largest absolute Gasteiger partial charge is 0.380 e. The Morgan fingerprint density at radius 1 is 1.30 bits per heavy atom. The molecule has 2 heterocycles. The summed E-state index contributed by atoms with van der Waals surface area (Å²) in [4.78, 5) is 4.81. The summed E-state index contributed by atoms with van der Waals surface area (Å²) in [5.74, 6) is 0.725. The highest BCUT2D eigenvalue weighted by Gasteiger charge is 2.19. The lowest BCUT2D eigenvalue weighted by Crippen LogP contribution is -2.39. The molecule has 1 saturated heterocycles. The van der Waals surface area contributed by atoms with Crippen molar-refractivity contribution in [1.29, 1.82) is 10.8 Å². The van der Waals surface area contributed by atoms with Crippen LogP contribution in [0.3, 0.4) is 0 Å². The molecular formula is C24H33N5O. The summed E-state index contributed by atoms with van der Waals surface area (Å²) in [5.41, 5.74) is 3.62. The second-order valence-corrected chi connectivity index (χ2v) is 8.06. The third-order valence-corrected chi connectivity index (χ3v) is 5.44. The molecule has 3 rings (SSSR count). The van der Waals surface area contributed by atoms with Gasteiger partial charge in [-0.1, -0.05) is 18.6 Å². The Balaban J connectivity index is 1.76. The van der Waals surface area contributed by atoms with Gasteiger partial charge in [-0.25, -0.2) is 4.98 Å². The average Bonchev–Trinajstić information content (AvgIpc) is 3.23. The highest BCUT2D eigenvalue weighted by molar-refractivity contribution is 6.13. The van der Waals surface area contributed by atoms with Crippen molar-refractivity contribution in [2.45, 2.75) is 52.1 Å². The number of anilines is 1. The Morgan fingerprint density at radius 2 is 2.13 bits per heavy atom. The number of aromatic nitrogens is 1. The number of rotatable bonds is 10. The Kier molecular flexibility index (Phi) is 7.71. The van der Waals surface area contributed by atoms with E-state index < -0.39 is 0 Å². The molecule has 0 spiro atoms. The first kappa shape index (κ1) is 22.1. The predicted octanol–water partition coefficient (Wildman–Crippen LogP) is 4.47. The van der Waals surface area contributed by atoms with Crippen LogP contribution in [0.1, 0.15) is 44.2 Å². The van der Waals surface area contributed by atoms with Gasteiger partial charge in [-0.3, -0.25) is 0 Å². The van der Waals surface area contributed by atoms with E-state index in [0.717, 1.165) is 61.3 Å². The Bertz CT molecular complexity index is 931. The lowest BCUT2D eigenvalue weighted by molar-refractivity contribution is 0.187. The Hall–Kier alpha value is -2.57. The molecule has 0 radical (unpaired) electrons. The van der Waals surface area contributed by atoms with Crippen molar-refractivity contribution in [3.8, 4) is 0 Å². The fraction of sp³-hybridized carbons (Fsp3) is 0.458. The van der Waals surface area contributed by atoms with Gasteiger partial charge in [0.05, 0.1) is 17.8 Å². The SMILES string of the molecule is CCC(CCNc1nc2ccc(C)cc2cc1C(=N)C=CC(C)=N)NC1CCOC1. The van der Waals surface area contributed by atoms with Gasteiger partial charge in [0.25, 0.3) is 0 Å². The number of hydrogen-bond donors (Lipinski definition) is 4. The lowest BCUT2D eigenvalue weighted by atomic mass is 10.0. The van der Waals surface area contributed by atoms with Gasteiger partial charge in [0, 0.05) is 41.9 Å². The van der Waals surface area contributed by atoms with E-state index in [1.54, 1.807) is 19.1 Å². The van der Waals surface area contributed by atoms with Crippen LogP contribution in [0.4, 0.5) is 5.82 Å². The zero-order valence-corrected chi connectivity index (χ0v) is 18.2. The van der Waals surface area contributed by atoms with Gasteiger partial charge >= 0.3 is 0 Å². The van der Waals surface area contributed by atoms with Crippen molar-refractivity contribution in [2.75, 3.05) is 25.1 Å². The first-order valence-corrected chi connectivity index (χ1v) is 10.8. The van der Waals surface area contributed by atoms with Crippen LogP contribution < -0.4 is 10.6 Å². The molecule has 0 bridgehead atoms. The average molecular weight is 408 g/mol. The summed E-state index contributed by atoms with van der Waals surface area (Å²) in [6.07, 6.45) is 6.43. The molecule has 2 unspecified atom stereocenters. The van der Waals surface area contributed by atoms with Crippen molar-refractivity contribution in [1.82, 2.24) is 10.3 Å². The molecule has 1 aromatic heterocycles. The molecule has 1 aromatic carbocycles. The predicted molar refractivity (Wildman–Crippen MR) is 125 cm³/mol. The van der Waals surface area contributed by atoms with Crippen molar-refractivity contribution in [3.63, 3.8) is 0 Å². The fourth-order valence-electron chi connectivity index (χ4n) is 3.70. The van der Waals surface area contributed by atoms with Crippen LogP contribution in [-0.4, -0.2) is 48.2 Å². The monoisotopic (exact) mass is 407 g/mol. The number of allylic oxidation sites excluding steroid dienone is 2. The molecule has 2 atom stereocenters. The number of pyridine rings is 1. The summed E-state index contributed by atoms with van der Waals surface area (Å²) in [6.45, 7) is 8.39. The summed E-state index contributed by atoms with van der Waals surface area (Å²) in [5, 5.41) is 24.3. The summed E-state index contributed by atoms with van der Waals surface area (Å²) in [6, 6.07) is 9.08. The minimum atomic E-state index is 0.355. The molecule has 4 N–H and O–H groups in total. The normalized spacial score (nSPS) is 17.5. The quantitative estimate of drug-likeness (QED) is 0.437. The lowest BCUT2D eigenvalue weighted by Gasteiger charge is -2.21. The molecule has 6 heteroatoms. The number of benzene rings is 1. The molecule has 1 fully saturated rings. The smallest absolute Gasteiger partial charge is 0.136 e. The second kappa shape index (κ2) is 10.5. The maximum Gasteiger partial charge on any atom is 0.136 e. The van der Waals surface area contributed by atoms with E-state index in [-0.39, 0.29) is 0 Å². The number of fused-ring (bicyclic) bond motifs is 1. The van der Waals surface area contributed by atoms with E-state index in [1.807, 2.05) is 12.1 Å². The van der Waals surface area contributed by atoms with Gasteiger partial charge < -0.3 is 26.2 Å². The van der Waals surface area contributed by atoms with Crippen LogP contribution in [0.5, 0.6) is 0 Å². The van der Waals surface area contributed by atoms with Gasteiger partial charge in [0.2, 0.25) is 0 Å². The van der Waals surface area contributed by atoms with Crippen LogP contribution in [0.2, 0.25) is 0 Å². The number of aryl methyl sites for hydroxylation is 1. The van der Waals surface area contributed by atoms with Gasteiger partial charge in [-0.2, -0.15) is 0 Å². The molecule has 1 aliphatic heterocycles. The first-order chi connectivity index (χ1) is 14.5. The maximum absolute atomic E-state index is 8.51. The van der Waals surface area contributed by atoms with E-state index in [2.05, 4.69) is 36.6 Å². The van der Waals surface area contributed by atoms with Gasteiger partial charge in [0.1, 0.15) is 5.82 Å². The Labute approximate surface area is 179 Å². The summed E-state index contributed by atoms with van der Waals surface area (Å²) < 4.78 is 5.47. The highest BCUT2D eigenvalue weighted by Crippen LogP contribution is 2.23. The molecule has 160 valence electrons. The molecule has 2 aromatic rings. The third-order valence-electron chi connectivity index (χ3n) is 5.44. The molecule has 0 aliphatic carbocycles. The maximum atomic E-state index is 8.51. The molecule has 1 aliphatic rings. The van der Waals surface area contributed by atoms with Crippen LogP contribution >= 0.6 is 0 Å². The third kappa shape index (κ3) is 5.97. The topological polar surface area (TPSA) is 93.9 Å². The van der Waals surface area contributed by atoms with E-state index in [1.165, 1.54) is 5.56 Å². The van der Waals surface area contributed by atoms with Gasteiger partial charge in [0.15, 0.2) is 0 Å². The number of hydrogen-bond acceptors (Lipinski definition) is 6. The Morgan fingerprint density at radius 3 is 2.83 bits per heavy atom. The first-order valence-electron chi connectivity index (χ1n) is 10.8. The number of nitrogens with zero attached hydrogens (tertiary/aromatic N) is 1. The van der Waals surface area contributed by atoms with E-state index in [0.29, 0.717) is 23.5 Å². The van der Waals surface area contributed by atoms with Crippen LogP contribution in [-0.2, 0) is 4.74 Å². The van der Waals surface area contributed by atoms with Gasteiger partial charge in [-0.05, 0) is 63.5 Å². The molecule has 0 saturated carbocycles. The van der Waals surface area contributed by atoms with Gasteiger partial charge in [-0.15, -0.1) is 0 Å². The van der Waals surface area contributed by atoms with Crippen LogP contribution in [0, 0.1) is 17.7 Å². The minimum absolute atomic E-state index is 0.355. The number of nitrogens with one attached hydrogen (secondary N) is 4. The number of ether oxygens (including phenoxy) is 1. The van der Waals surface area contributed by atoms with E-state index in [4.69, 9.17) is 20.5 Å². The van der Waals surface area contributed by atoms with Crippen LogP contribution in [0.25, 0.3) is 10.9 Å². The minimum Gasteiger partial charge on any atom is -0.380 e.